The molecule has 0 bridgehead atoms. The number of rotatable bonds is 1. The highest BCUT2D eigenvalue weighted by Crippen LogP contribution is 2.12. The Hall–Kier alpha value is -0.790. The van der Waals surface area contributed by atoms with Gasteiger partial charge in [-0.05, 0) is 18.8 Å². The molecule has 2 heteroatoms. The van der Waals surface area contributed by atoms with Crippen molar-refractivity contribution in [3.05, 3.63) is 11.6 Å². The zero-order valence-electron chi connectivity index (χ0n) is 7.18. The van der Waals surface area contributed by atoms with Gasteiger partial charge in [-0.25, -0.2) is 0 Å². The Bertz CT molecular complexity index is 182. The predicted molar refractivity (Wildman–Crippen MR) is 45.2 cm³/mol. The third-order valence-electron chi connectivity index (χ3n) is 1.73. The summed E-state index contributed by atoms with van der Waals surface area (Å²) in [4.78, 5) is 11.2. The van der Waals surface area contributed by atoms with Crippen molar-refractivity contribution < 1.29 is 4.79 Å². The van der Waals surface area contributed by atoms with E-state index in [1.54, 1.807) is 0 Å². The van der Waals surface area contributed by atoms with Crippen LogP contribution in [0.15, 0.2) is 11.6 Å². The van der Waals surface area contributed by atoms with Crippen molar-refractivity contribution in [2.24, 2.45) is 5.92 Å². The Morgan fingerprint density at radius 1 is 1.55 bits per heavy atom. The second-order valence-electron chi connectivity index (χ2n) is 3.30. The second kappa shape index (κ2) is 3.56. The Morgan fingerprint density at radius 2 is 2.27 bits per heavy atom. The Kier molecular flexibility index (Phi) is 2.69. The summed E-state index contributed by atoms with van der Waals surface area (Å²) < 4.78 is 0. The third kappa shape index (κ3) is 2.37. The maximum Gasteiger partial charge on any atom is 0.246 e. The van der Waals surface area contributed by atoms with Crippen LogP contribution in [0.1, 0.15) is 26.7 Å². The summed E-state index contributed by atoms with van der Waals surface area (Å²) >= 11 is 0. The van der Waals surface area contributed by atoms with Crippen LogP contribution >= 0.6 is 0 Å². The smallest absolute Gasteiger partial charge is 0.246 e. The lowest BCUT2D eigenvalue weighted by molar-refractivity contribution is -0.118. The Balaban J connectivity index is 2.61. The summed E-state index contributed by atoms with van der Waals surface area (Å²) in [6.45, 7) is 5.03. The minimum atomic E-state index is 0.130. The van der Waals surface area contributed by atoms with Gasteiger partial charge in [0, 0.05) is 12.1 Å². The van der Waals surface area contributed by atoms with Gasteiger partial charge in [-0.3, -0.25) is 4.79 Å². The van der Waals surface area contributed by atoms with Crippen LogP contribution in [0, 0.1) is 5.92 Å². The fourth-order valence-corrected chi connectivity index (χ4v) is 1.27. The lowest BCUT2D eigenvalue weighted by Gasteiger charge is -2.15. The fraction of sp³-hybridized carbons (Fsp3) is 0.667. The normalized spacial score (nSPS) is 22.5. The molecule has 11 heavy (non-hydrogen) atoms. The summed E-state index contributed by atoms with van der Waals surface area (Å²) in [6, 6.07) is 0. The van der Waals surface area contributed by atoms with Crippen molar-refractivity contribution in [3.63, 3.8) is 0 Å². The molecule has 1 saturated heterocycles. The van der Waals surface area contributed by atoms with E-state index in [0.717, 1.165) is 25.0 Å². The molecule has 0 unspecified atom stereocenters. The van der Waals surface area contributed by atoms with Crippen molar-refractivity contribution in [3.8, 4) is 0 Å². The minimum absolute atomic E-state index is 0.130. The van der Waals surface area contributed by atoms with Gasteiger partial charge in [-0.2, -0.15) is 0 Å². The van der Waals surface area contributed by atoms with E-state index in [1.807, 2.05) is 0 Å². The van der Waals surface area contributed by atoms with Crippen LogP contribution in [-0.2, 0) is 4.79 Å². The summed E-state index contributed by atoms with van der Waals surface area (Å²) in [5.74, 6) is 0.610. The van der Waals surface area contributed by atoms with Crippen LogP contribution < -0.4 is 5.32 Å². The SMILES string of the molecule is CC(C)C=C1CCCNC1=O. The van der Waals surface area contributed by atoms with Gasteiger partial charge >= 0.3 is 0 Å². The number of allylic oxidation sites excluding steroid dienone is 1. The maximum atomic E-state index is 11.2. The molecule has 1 aliphatic heterocycles. The van der Waals surface area contributed by atoms with Gasteiger partial charge < -0.3 is 5.32 Å². The molecule has 0 atom stereocenters. The fourth-order valence-electron chi connectivity index (χ4n) is 1.27. The topological polar surface area (TPSA) is 29.1 Å². The largest absolute Gasteiger partial charge is 0.352 e. The number of hydrogen-bond acceptors (Lipinski definition) is 1. The number of piperidine rings is 1. The van der Waals surface area contributed by atoms with Gasteiger partial charge in [0.15, 0.2) is 0 Å². The molecule has 1 rings (SSSR count). The van der Waals surface area contributed by atoms with E-state index in [-0.39, 0.29) is 5.91 Å². The van der Waals surface area contributed by atoms with E-state index < -0.39 is 0 Å². The zero-order valence-corrected chi connectivity index (χ0v) is 7.18. The van der Waals surface area contributed by atoms with Crippen LogP contribution in [0.25, 0.3) is 0 Å². The molecule has 0 aromatic rings. The van der Waals surface area contributed by atoms with E-state index >= 15 is 0 Å². The third-order valence-corrected chi connectivity index (χ3v) is 1.73. The lowest BCUT2D eigenvalue weighted by atomic mass is 10.0. The molecule has 1 heterocycles. The second-order valence-corrected chi connectivity index (χ2v) is 3.30. The summed E-state index contributed by atoms with van der Waals surface area (Å²) in [7, 11) is 0. The number of hydrogen-bond donors (Lipinski definition) is 1. The van der Waals surface area contributed by atoms with E-state index in [4.69, 9.17) is 0 Å². The van der Waals surface area contributed by atoms with E-state index in [2.05, 4.69) is 25.2 Å². The first-order valence-corrected chi connectivity index (χ1v) is 4.19. The molecule has 62 valence electrons. The van der Waals surface area contributed by atoms with Crippen LogP contribution in [-0.4, -0.2) is 12.5 Å². The zero-order chi connectivity index (χ0) is 8.27. The molecule has 0 aromatic heterocycles. The van der Waals surface area contributed by atoms with Crippen LogP contribution in [0.4, 0.5) is 0 Å². The number of carbonyl (C=O) groups excluding carboxylic acids is 1. The van der Waals surface area contributed by atoms with Crippen LogP contribution in [0.3, 0.4) is 0 Å². The number of nitrogens with one attached hydrogen (secondary N) is 1. The summed E-state index contributed by atoms with van der Waals surface area (Å²) in [6.07, 6.45) is 4.09. The van der Waals surface area contributed by atoms with Gasteiger partial charge in [-0.1, -0.05) is 19.9 Å². The molecule has 1 amide bonds. The molecule has 0 aliphatic carbocycles. The molecular weight excluding hydrogens is 138 g/mol. The van der Waals surface area contributed by atoms with Crippen LogP contribution in [0.2, 0.25) is 0 Å². The highest BCUT2D eigenvalue weighted by atomic mass is 16.1. The van der Waals surface area contributed by atoms with Gasteiger partial charge in [0.1, 0.15) is 0 Å². The molecule has 2 nitrogen and oxygen atoms in total. The Morgan fingerprint density at radius 3 is 2.82 bits per heavy atom. The van der Waals surface area contributed by atoms with Crippen molar-refractivity contribution >= 4 is 5.91 Å². The highest BCUT2D eigenvalue weighted by molar-refractivity contribution is 5.94. The van der Waals surface area contributed by atoms with Crippen molar-refractivity contribution in [1.29, 1.82) is 0 Å². The van der Waals surface area contributed by atoms with E-state index in [0.29, 0.717) is 5.92 Å². The number of carbonyl (C=O) groups is 1. The summed E-state index contributed by atoms with van der Waals surface area (Å²) in [5.41, 5.74) is 0.964. The van der Waals surface area contributed by atoms with Crippen LogP contribution in [0.5, 0.6) is 0 Å². The van der Waals surface area contributed by atoms with Gasteiger partial charge in [0.25, 0.3) is 0 Å². The molecule has 0 radical (unpaired) electrons. The van der Waals surface area contributed by atoms with E-state index in [1.165, 1.54) is 0 Å². The van der Waals surface area contributed by atoms with Crippen molar-refractivity contribution in [1.82, 2.24) is 5.32 Å². The van der Waals surface area contributed by atoms with E-state index in [9.17, 15) is 4.79 Å². The summed E-state index contributed by atoms with van der Waals surface area (Å²) in [5, 5.41) is 2.83. The lowest BCUT2D eigenvalue weighted by Crippen LogP contribution is -2.30. The average Bonchev–Trinajstić information content (AvgIpc) is 1.93. The minimum Gasteiger partial charge on any atom is -0.352 e. The number of amides is 1. The average molecular weight is 153 g/mol. The van der Waals surface area contributed by atoms with Crippen molar-refractivity contribution in [2.75, 3.05) is 6.54 Å². The maximum absolute atomic E-state index is 11.2. The first-order valence-electron chi connectivity index (χ1n) is 4.19. The molecule has 1 aliphatic rings. The molecule has 0 aromatic carbocycles. The monoisotopic (exact) mass is 153 g/mol. The van der Waals surface area contributed by atoms with Crippen molar-refractivity contribution in [2.45, 2.75) is 26.7 Å². The van der Waals surface area contributed by atoms with Gasteiger partial charge in [0.2, 0.25) is 5.91 Å². The molecule has 0 saturated carbocycles. The highest BCUT2D eigenvalue weighted by Gasteiger charge is 2.13. The molecule has 1 N–H and O–H groups in total. The predicted octanol–water partition coefficient (Wildman–Crippen LogP) is 1.48. The Labute approximate surface area is 67.7 Å². The van der Waals surface area contributed by atoms with Gasteiger partial charge in [-0.15, -0.1) is 0 Å². The standard InChI is InChI=1S/C9H15NO/c1-7(2)6-8-4-3-5-10-9(8)11/h6-7H,3-5H2,1-2H3,(H,10,11). The quantitative estimate of drug-likeness (QED) is 0.568. The molecule has 0 spiro atoms. The molecule has 1 fully saturated rings. The molecular formula is C9H15NO. The van der Waals surface area contributed by atoms with Gasteiger partial charge in [0.05, 0.1) is 0 Å². The first-order chi connectivity index (χ1) is 5.20. The first kappa shape index (κ1) is 8.31.